The molecule has 2 aromatic heterocycles. The van der Waals surface area contributed by atoms with Gasteiger partial charge in [-0.3, -0.25) is 9.78 Å². The first-order valence-corrected chi connectivity index (χ1v) is 9.20. The zero-order valence-corrected chi connectivity index (χ0v) is 14.7. The van der Waals surface area contributed by atoms with Crippen molar-refractivity contribution in [2.45, 2.75) is 31.8 Å². The highest BCUT2D eigenvalue weighted by molar-refractivity contribution is 7.12. The molecule has 0 aliphatic carbocycles. The molecule has 0 radical (unpaired) electrons. The quantitative estimate of drug-likeness (QED) is 0.905. The van der Waals surface area contributed by atoms with E-state index in [1.54, 1.807) is 13.3 Å². The standard InChI is InChI=1S/C18H23N3O2S/c1-23-16-8-12-24-17(16)18(22)21(13-14-5-2-3-10-20-14)15-6-4-9-19-11-7-15/h2-3,5,8,10,12,15,19H,4,6-7,9,11,13H2,1H3/t15-/m1/s1. The van der Waals surface area contributed by atoms with Crippen molar-refractivity contribution in [3.05, 3.63) is 46.4 Å². The van der Waals surface area contributed by atoms with E-state index in [4.69, 9.17) is 4.74 Å². The van der Waals surface area contributed by atoms with Crippen LogP contribution in [-0.4, -0.2) is 42.0 Å². The van der Waals surface area contributed by atoms with Gasteiger partial charge < -0.3 is 15.0 Å². The van der Waals surface area contributed by atoms with E-state index in [-0.39, 0.29) is 11.9 Å². The van der Waals surface area contributed by atoms with Crippen molar-refractivity contribution >= 4 is 17.2 Å². The Balaban J connectivity index is 1.87. The third-order valence-electron chi connectivity index (χ3n) is 4.35. The van der Waals surface area contributed by atoms with Crippen LogP contribution in [0.4, 0.5) is 0 Å². The van der Waals surface area contributed by atoms with Gasteiger partial charge in [0.2, 0.25) is 0 Å². The van der Waals surface area contributed by atoms with Gasteiger partial charge in [0.05, 0.1) is 19.3 Å². The second-order valence-corrected chi connectivity index (χ2v) is 6.82. The number of hydrogen-bond acceptors (Lipinski definition) is 5. The molecule has 24 heavy (non-hydrogen) atoms. The molecule has 3 heterocycles. The summed E-state index contributed by atoms with van der Waals surface area (Å²) in [6.45, 7) is 2.49. The summed E-state index contributed by atoms with van der Waals surface area (Å²) in [5, 5.41) is 5.32. The summed E-state index contributed by atoms with van der Waals surface area (Å²) in [4.78, 5) is 20.3. The summed E-state index contributed by atoms with van der Waals surface area (Å²) < 4.78 is 5.35. The molecule has 1 atom stereocenters. The van der Waals surface area contributed by atoms with E-state index in [1.165, 1.54) is 11.3 Å². The molecule has 0 bridgehead atoms. The fourth-order valence-electron chi connectivity index (χ4n) is 3.09. The van der Waals surface area contributed by atoms with Crippen molar-refractivity contribution in [2.24, 2.45) is 0 Å². The number of aromatic nitrogens is 1. The summed E-state index contributed by atoms with van der Waals surface area (Å²) >= 11 is 1.44. The number of nitrogens with zero attached hydrogens (tertiary/aromatic N) is 2. The highest BCUT2D eigenvalue weighted by Gasteiger charge is 2.28. The molecule has 1 aliphatic heterocycles. The Morgan fingerprint density at radius 3 is 3.08 bits per heavy atom. The Morgan fingerprint density at radius 2 is 2.29 bits per heavy atom. The molecule has 3 rings (SSSR count). The largest absolute Gasteiger partial charge is 0.495 e. The van der Waals surface area contributed by atoms with Gasteiger partial charge in [0, 0.05) is 12.2 Å². The highest BCUT2D eigenvalue weighted by atomic mass is 32.1. The molecular formula is C18H23N3O2S. The lowest BCUT2D eigenvalue weighted by molar-refractivity contribution is 0.0644. The number of nitrogens with one attached hydrogen (secondary N) is 1. The molecule has 0 aromatic carbocycles. The normalized spacial score (nSPS) is 18.0. The summed E-state index contributed by atoms with van der Waals surface area (Å²) in [7, 11) is 1.61. The van der Waals surface area contributed by atoms with Crippen LogP contribution in [0, 0.1) is 0 Å². The molecular weight excluding hydrogens is 322 g/mol. The van der Waals surface area contributed by atoms with Gasteiger partial charge in [0.25, 0.3) is 5.91 Å². The maximum Gasteiger partial charge on any atom is 0.268 e. The van der Waals surface area contributed by atoms with Crippen LogP contribution < -0.4 is 10.1 Å². The average Bonchev–Trinajstić information content (AvgIpc) is 2.94. The van der Waals surface area contributed by atoms with Crippen LogP contribution in [0.2, 0.25) is 0 Å². The lowest BCUT2D eigenvalue weighted by Crippen LogP contribution is -2.40. The molecule has 0 unspecified atom stereocenters. The zero-order chi connectivity index (χ0) is 16.8. The Kier molecular flexibility index (Phi) is 5.82. The van der Waals surface area contributed by atoms with Gasteiger partial charge in [0.15, 0.2) is 0 Å². The predicted octanol–water partition coefficient (Wildman–Crippen LogP) is 2.94. The van der Waals surface area contributed by atoms with Crippen LogP contribution in [0.5, 0.6) is 5.75 Å². The summed E-state index contributed by atoms with van der Waals surface area (Å²) in [5.41, 5.74) is 0.915. The minimum absolute atomic E-state index is 0.0411. The van der Waals surface area contributed by atoms with Crippen LogP contribution in [0.1, 0.15) is 34.6 Å². The number of rotatable bonds is 5. The number of amides is 1. The molecule has 1 aliphatic rings. The number of hydrogen-bond donors (Lipinski definition) is 1. The molecule has 128 valence electrons. The molecule has 1 saturated heterocycles. The SMILES string of the molecule is COc1ccsc1C(=O)N(Cc1ccccn1)[C@@H]1CCCNCC1. The number of pyridine rings is 1. The summed E-state index contributed by atoms with van der Waals surface area (Å²) in [5.74, 6) is 0.696. The first-order chi connectivity index (χ1) is 11.8. The minimum atomic E-state index is 0.0411. The average molecular weight is 345 g/mol. The summed E-state index contributed by atoms with van der Waals surface area (Å²) in [6.07, 6.45) is 4.84. The third-order valence-corrected chi connectivity index (χ3v) is 5.23. The van der Waals surface area contributed by atoms with Crippen molar-refractivity contribution < 1.29 is 9.53 Å². The Bertz CT molecular complexity index is 651. The van der Waals surface area contributed by atoms with Gasteiger partial charge in [-0.1, -0.05) is 6.07 Å². The van der Waals surface area contributed by atoms with Crippen molar-refractivity contribution in [3.8, 4) is 5.75 Å². The van der Waals surface area contributed by atoms with Crippen molar-refractivity contribution in [2.75, 3.05) is 20.2 Å². The van der Waals surface area contributed by atoms with E-state index in [1.807, 2.05) is 34.5 Å². The van der Waals surface area contributed by atoms with Gasteiger partial charge in [-0.2, -0.15) is 0 Å². The van der Waals surface area contributed by atoms with Gasteiger partial charge >= 0.3 is 0 Å². The van der Waals surface area contributed by atoms with Gasteiger partial charge in [-0.15, -0.1) is 11.3 Å². The van der Waals surface area contributed by atoms with E-state index < -0.39 is 0 Å². The second-order valence-electron chi connectivity index (χ2n) is 5.91. The number of methoxy groups -OCH3 is 1. The zero-order valence-electron chi connectivity index (χ0n) is 13.9. The van der Waals surface area contributed by atoms with Gasteiger partial charge in [-0.25, -0.2) is 0 Å². The lowest BCUT2D eigenvalue weighted by Gasteiger charge is -2.30. The maximum absolute atomic E-state index is 13.2. The van der Waals surface area contributed by atoms with E-state index in [0.717, 1.165) is 38.0 Å². The van der Waals surface area contributed by atoms with Crippen LogP contribution in [-0.2, 0) is 6.54 Å². The topological polar surface area (TPSA) is 54.5 Å². The smallest absolute Gasteiger partial charge is 0.268 e. The highest BCUT2D eigenvalue weighted by Crippen LogP contribution is 2.28. The fraction of sp³-hybridized carbons (Fsp3) is 0.444. The Labute approximate surface area is 146 Å². The molecule has 0 spiro atoms. The van der Waals surface area contributed by atoms with Crippen LogP contribution in [0.15, 0.2) is 35.8 Å². The second kappa shape index (κ2) is 8.26. The van der Waals surface area contributed by atoms with Crippen LogP contribution in [0.25, 0.3) is 0 Å². The molecule has 6 heteroatoms. The molecule has 1 fully saturated rings. The number of ether oxygens (including phenoxy) is 1. The molecule has 5 nitrogen and oxygen atoms in total. The molecule has 0 saturated carbocycles. The van der Waals surface area contributed by atoms with E-state index in [2.05, 4.69) is 10.3 Å². The number of thiophene rings is 1. The Hall–Kier alpha value is -1.92. The van der Waals surface area contributed by atoms with Crippen LogP contribution in [0.3, 0.4) is 0 Å². The van der Waals surface area contributed by atoms with E-state index >= 15 is 0 Å². The van der Waals surface area contributed by atoms with Crippen molar-refractivity contribution in [1.29, 1.82) is 0 Å². The number of carbonyl (C=O) groups excluding carboxylic acids is 1. The predicted molar refractivity (Wildman–Crippen MR) is 95.5 cm³/mol. The van der Waals surface area contributed by atoms with Gasteiger partial charge in [-0.05, 0) is 55.9 Å². The van der Waals surface area contributed by atoms with E-state index in [9.17, 15) is 4.79 Å². The first-order valence-electron chi connectivity index (χ1n) is 8.32. The first kappa shape index (κ1) is 16.9. The molecule has 2 aromatic rings. The summed E-state index contributed by atoms with van der Waals surface area (Å²) in [6, 6.07) is 7.91. The lowest BCUT2D eigenvalue weighted by atomic mass is 10.1. The monoisotopic (exact) mass is 345 g/mol. The maximum atomic E-state index is 13.2. The Morgan fingerprint density at radius 1 is 1.38 bits per heavy atom. The van der Waals surface area contributed by atoms with E-state index in [0.29, 0.717) is 17.2 Å². The van der Waals surface area contributed by atoms with Gasteiger partial charge in [0.1, 0.15) is 10.6 Å². The fourth-order valence-corrected chi connectivity index (χ4v) is 3.90. The number of carbonyl (C=O) groups is 1. The third kappa shape index (κ3) is 3.94. The minimum Gasteiger partial charge on any atom is -0.495 e. The van der Waals surface area contributed by atoms with Crippen LogP contribution >= 0.6 is 11.3 Å². The van der Waals surface area contributed by atoms with Crippen molar-refractivity contribution in [3.63, 3.8) is 0 Å². The molecule has 1 N–H and O–H groups in total. The van der Waals surface area contributed by atoms with Crippen molar-refractivity contribution in [1.82, 2.24) is 15.2 Å². The molecule has 1 amide bonds.